The maximum Gasteiger partial charge on any atom is 0.291 e. The quantitative estimate of drug-likeness (QED) is 0.406. The van der Waals surface area contributed by atoms with Gasteiger partial charge in [-0.2, -0.15) is 0 Å². The first kappa shape index (κ1) is 23.9. The standard InChI is InChI=1S/C20H24F2N6O3S3/c1-34(30,31)14-2-6-27(7-3-14)15-8-13(33-26-20(29)4-5-20)11-28-10-12(9-23-17(15)28)18-24-25-19(32-18)16(21)22/h8-9,11,14,16,26,29H,2-7,10H2,1H3. The number of rotatable bonds is 7. The topological polar surface area (TPSA) is 111 Å². The third kappa shape index (κ3) is 5.05. The Morgan fingerprint density at radius 2 is 2.03 bits per heavy atom. The van der Waals surface area contributed by atoms with Crippen LogP contribution < -0.4 is 4.72 Å². The second-order valence-corrected chi connectivity index (χ2v) is 13.0. The van der Waals surface area contributed by atoms with E-state index in [0.29, 0.717) is 61.7 Å². The Morgan fingerprint density at radius 3 is 2.65 bits per heavy atom. The maximum atomic E-state index is 13.0. The number of nitrogens with one attached hydrogen (secondary N) is 1. The average molecular weight is 531 g/mol. The number of fused-ring (bicyclic) bond motifs is 1. The van der Waals surface area contributed by atoms with Crippen LogP contribution in [0.5, 0.6) is 0 Å². The summed E-state index contributed by atoms with van der Waals surface area (Å²) in [6, 6.07) is 0. The van der Waals surface area contributed by atoms with Crippen molar-refractivity contribution in [2.45, 2.75) is 43.1 Å². The van der Waals surface area contributed by atoms with E-state index in [1.54, 1.807) is 6.20 Å². The van der Waals surface area contributed by atoms with Crippen molar-refractivity contribution in [3.8, 4) is 0 Å². The number of allylic oxidation sites excluding steroid dienone is 1. The molecule has 2 fully saturated rings. The summed E-state index contributed by atoms with van der Waals surface area (Å²) >= 11 is 2.17. The van der Waals surface area contributed by atoms with Crippen molar-refractivity contribution in [2.75, 3.05) is 25.9 Å². The predicted octanol–water partition coefficient (Wildman–Crippen LogP) is 2.50. The molecule has 3 aliphatic heterocycles. The molecule has 4 aliphatic rings. The van der Waals surface area contributed by atoms with E-state index in [4.69, 9.17) is 0 Å². The first-order chi connectivity index (χ1) is 16.1. The van der Waals surface area contributed by atoms with E-state index in [1.807, 2.05) is 17.2 Å². The van der Waals surface area contributed by atoms with Crippen LogP contribution >= 0.6 is 23.3 Å². The molecule has 5 rings (SSSR count). The fraction of sp³-hybridized carbons (Fsp3) is 0.550. The molecule has 1 saturated heterocycles. The number of aliphatic hydroxyl groups is 1. The first-order valence-corrected chi connectivity index (χ1v) is 14.4. The van der Waals surface area contributed by atoms with Crippen molar-refractivity contribution >= 4 is 44.5 Å². The number of aromatic nitrogens is 2. The van der Waals surface area contributed by atoms with Crippen LogP contribution in [0.15, 0.2) is 34.1 Å². The predicted molar refractivity (Wildman–Crippen MR) is 127 cm³/mol. The summed E-state index contributed by atoms with van der Waals surface area (Å²) < 4.78 is 53.0. The molecule has 0 amide bonds. The normalized spacial score (nSPS) is 22.7. The lowest BCUT2D eigenvalue weighted by Gasteiger charge is -2.39. The van der Waals surface area contributed by atoms with Gasteiger partial charge < -0.3 is 14.9 Å². The molecule has 2 N–H and O–H groups in total. The number of halogens is 2. The maximum absolute atomic E-state index is 13.0. The van der Waals surface area contributed by atoms with Gasteiger partial charge in [0.05, 0.1) is 17.5 Å². The van der Waals surface area contributed by atoms with Crippen molar-refractivity contribution in [1.29, 1.82) is 0 Å². The zero-order chi connectivity index (χ0) is 24.1. The van der Waals surface area contributed by atoms with E-state index < -0.39 is 22.0 Å². The van der Waals surface area contributed by atoms with Crippen LogP contribution in [-0.2, 0) is 9.84 Å². The number of likely N-dealkylation sites (tertiary alicyclic amines) is 1. The monoisotopic (exact) mass is 530 g/mol. The number of amidine groups is 1. The average Bonchev–Trinajstić information content (AvgIpc) is 3.33. The van der Waals surface area contributed by atoms with Crippen molar-refractivity contribution in [1.82, 2.24) is 24.7 Å². The summed E-state index contributed by atoms with van der Waals surface area (Å²) in [5, 5.41) is 17.4. The minimum absolute atomic E-state index is 0.327. The molecule has 34 heavy (non-hydrogen) atoms. The molecule has 4 heterocycles. The fourth-order valence-electron chi connectivity index (χ4n) is 3.99. The molecule has 0 atom stereocenters. The number of aliphatic imine (C=N–C) groups is 1. The Bertz CT molecular complexity index is 1200. The van der Waals surface area contributed by atoms with Gasteiger partial charge in [-0.3, -0.25) is 0 Å². The summed E-state index contributed by atoms with van der Waals surface area (Å²) in [6.07, 6.45) is 6.59. The van der Waals surface area contributed by atoms with Gasteiger partial charge in [0.1, 0.15) is 20.6 Å². The van der Waals surface area contributed by atoms with Gasteiger partial charge in [0, 0.05) is 42.2 Å². The van der Waals surface area contributed by atoms with Crippen LogP contribution in [0.3, 0.4) is 0 Å². The lowest BCUT2D eigenvalue weighted by Crippen LogP contribution is -2.45. The molecular formula is C20H24F2N6O3S3. The molecule has 0 radical (unpaired) electrons. The highest BCUT2D eigenvalue weighted by Crippen LogP contribution is 2.38. The Hall–Kier alpha value is -1.87. The molecule has 1 aliphatic carbocycles. The van der Waals surface area contributed by atoms with Gasteiger partial charge in [0.15, 0.2) is 10.8 Å². The SMILES string of the molecule is CS(=O)(=O)C1CCN(C2=CC(SNC3(O)CC3)=CN3CC(c4nnc(C(F)F)s4)=CN=C23)CC1. The van der Waals surface area contributed by atoms with Crippen LogP contribution in [0.2, 0.25) is 0 Å². The summed E-state index contributed by atoms with van der Waals surface area (Å²) in [6.45, 7) is 1.54. The molecule has 0 unspecified atom stereocenters. The largest absolute Gasteiger partial charge is 0.375 e. The second kappa shape index (κ2) is 8.97. The van der Waals surface area contributed by atoms with E-state index >= 15 is 0 Å². The van der Waals surface area contributed by atoms with Gasteiger partial charge in [-0.05, 0) is 43.7 Å². The van der Waals surface area contributed by atoms with E-state index in [-0.39, 0.29) is 10.3 Å². The Kier molecular flexibility index (Phi) is 6.29. The third-order valence-electron chi connectivity index (χ3n) is 6.12. The molecule has 1 aromatic rings. The molecule has 1 aromatic heterocycles. The Labute approximate surface area is 204 Å². The number of hydrogen-bond acceptors (Lipinski definition) is 11. The number of hydrogen-bond donors (Lipinski definition) is 2. The molecule has 0 bridgehead atoms. The first-order valence-electron chi connectivity index (χ1n) is 10.8. The van der Waals surface area contributed by atoms with Crippen molar-refractivity contribution in [2.24, 2.45) is 4.99 Å². The van der Waals surface area contributed by atoms with Crippen molar-refractivity contribution in [3.63, 3.8) is 0 Å². The van der Waals surface area contributed by atoms with Gasteiger partial charge in [0.2, 0.25) is 0 Å². The lowest BCUT2D eigenvalue weighted by atomic mass is 10.1. The van der Waals surface area contributed by atoms with Gasteiger partial charge in [-0.15, -0.1) is 10.2 Å². The van der Waals surface area contributed by atoms with Crippen LogP contribution in [0.1, 0.15) is 42.1 Å². The Morgan fingerprint density at radius 1 is 1.29 bits per heavy atom. The van der Waals surface area contributed by atoms with E-state index in [0.717, 1.165) is 21.9 Å². The smallest absolute Gasteiger partial charge is 0.291 e. The molecule has 0 spiro atoms. The van der Waals surface area contributed by atoms with Gasteiger partial charge in [-0.1, -0.05) is 11.3 Å². The zero-order valence-electron chi connectivity index (χ0n) is 18.3. The molecule has 9 nitrogen and oxygen atoms in total. The van der Waals surface area contributed by atoms with E-state index in [2.05, 4.69) is 24.8 Å². The number of alkyl halides is 2. The highest BCUT2D eigenvalue weighted by atomic mass is 32.2. The van der Waals surface area contributed by atoms with Crippen LogP contribution in [0.25, 0.3) is 5.57 Å². The van der Waals surface area contributed by atoms with Crippen LogP contribution in [-0.4, -0.2) is 76.2 Å². The van der Waals surface area contributed by atoms with Crippen LogP contribution in [0, 0.1) is 0 Å². The van der Waals surface area contributed by atoms with Crippen molar-refractivity contribution in [3.05, 3.63) is 39.1 Å². The highest BCUT2D eigenvalue weighted by molar-refractivity contribution is 8.01. The molecule has 184 valence electrons. The summed E-state index contributed by atoms with van der Waals surface area (Å²) in [7, 11) is -3.09. The summed E-state index contributed by atoms with van der Waals surface area (Å²) in [5.74, 6) is 0.703. The van der Waals surface area contributed by atoms with Gasteiger partial charge >= 0.3 is 0 Å². The number of nitrogens with zero attached hydrogens (tertiary/aromatic N) is 5. The Balaban J connectivity index is 1.41. The van der Waals surface area contributed by atoms with E-state index in [1.165, 1.54) is 18.2 Å². The van der Waals surface area contributed by atoms with Crippen LogP contribution in [0.4, 0.5) is 8.78 Å². The fourth-order valence-corrected chi connectivity index (χ4v) is 6.61. The minimum Gasteiger partial charge on any atom is -0.375 e. The molecular weight excluding hydrogens is 506 g/mol. The molecule has 14 heteroatoms. The molecule has 0 aromatic carbocycles. The summed E-state index contributed by atoms with van der Waals surface area (Å²) in [4.78, 5) is 9.54. The number of piperidine rings is 1. The highest BCUT2D eigenvalue weighted by Gasteiger charge is 2.41. The summed E-state index contributed by atoms with van der Waals surface area (Å²) in [5.41, 5.74) is 0.689. The lowest BCUT2D eigenvalue weighted by molar-refractivity contribution is 0.142. The van der Waals surface area contributed by atoms with E-state index in [9.17, 15) is 22.3 Å². The minimum atomic E-state index is -3.09. The zero-order valence-corrected chi connectivity index (χ0v) is 20.8. The number of sulfone groups is 1. The van der Waals surface area contributed by atoms with Gasteiger partial charge in [0.25, 0.3) is 6.43 Å². The van der Waals surface area contributed by atoms with Gasteiger partial charge in [-0.25, -0.2) is 26.9 Å². The van der Waals surface area contributed by atoms with Crippen molar-refractivity contribution < 1.29 is 22.3 Å². The second-order valence-electron chi connectivity index (χ2n) is 8.79. The molecule has 1 saturated carbocycles. The third-order valence-corrected chi connectivity index (χ3v) is 9.75.